The van der Waals surface area contributed by atoms with Crippen LogP contribution in [0, 0.1) is 5.92 Å². The van der Waals surface area contributed by atoms with Crippen LogP contribution in [-0.2, 0) is 19.6 Å². The van der Waals surface area contributed by atoms with Gasteiger partial charge in [-0.25, -0.2) is 13.1 Å². The third-order valence-corrected chi connectivity index (χ3v) is 5.02. The van der Waals surface area contributed by atoms with Crippen LogP contribution in [0.5, 0.6) is 0 Å². The second kappa shape index (κ2) is 9.61. The van der Waals surface area contributed by atoms with Gasteiger partial charge < -0.3 is 10.6 Å². The van der Waals surface area contributed by atoms with Crippen LogP contribution < -0.4 is 15.4 Å². The highest BCUT2D eigenvalue weighted by Crippen LogP contribution is 2.14. The van der Waals surface area contributed by atoms with Crippen molar-refractivity contribution >= 4 is 33.4 Å². The van der Waals surface area contributed by atoms with Gasteiger partial charge >= 0.3 is 0 Å². The predicted molar refractivity (Wildman–Crippen MR) is 92.1 cm³/mol. The van der Waals surface area contributed by atoms with Crippen molar-refractivity contribution in [3.63, 3.8) is 0 Å². The van der Waals surface area contributed by atoms with Crippen LogP contribution in [0.1, 0.15) is 20.3 Å². The quantitative estimate of drug-likeness (QED) is 0.557. The Hall–Kier alpha value is -1.64. The van der Waals surface area contributed by atoms with Crippen molar-refractivity contribution in [1.29, 1.82) is 0 Å². The van der Waals surface area contributed by atoms with Gasteiger partial charge in [0.05, 0.1) is 11.4 Å². The van der Waals surface area contributed by atoms with Crippen molar-refractivity contribution in [2.24, 2.45) is 5.92 Å². The zero-order valence-corrected chi connectivity index (χ0v) is 15.2. The molecule has 1 aromatic carbocycles. The fourth-order valence-corrected chi connectivity index (χ4v) is 3.03. The van der Waals surface area contributed by atoms with Crippen molar-refractivity contribution in [2.45, 2.75) is 25.2 Å². The predicted octanol–water partition coefficient (Wildman–Crippen LogP) is 0.897. The van der Waals surface area contributed by atoms with Gasteiger partial charge in [-0.05, 0) is 24.6 Å². The lowest BCUT2D eigenvalue weighted by Crippen LogP contribution is -2.41. The maximum Gasteiger partial charge on any atom is 0.240 e. The van der Waals surface area contributed by atoms with E-state index in [-0.39, 0.29) is 42.3 Å². The summed E-state index contributed by atoms with van der Waals surface area (Å²) in [7, 11) is -3.68. The molecule has 3 N–H and O–H groups in total. The van der Waals surface area contributed by atoms with Gasteiger partial charge in [0, 0.05) is 24.0 Å². The lowest BCUT2D eigenvalue weighted by molar-refractivity contribution is -0.128. The molecule has 0 aliphatic heterocycles. The minimum absolute atomic E-state index is 0.0277. The van der Waals surface area contributed by atoms with E-state index < -0.39 is 10.0 Å². The highest BCUT2D eigenvalue weighted by molar-refractivity contribution is 7.89. The normalized spacial score (nSPS) is 12.5. The molecule has 24 heavy (non-hydrogen) atoms. The second-order valence-electron chi connectivity index (χ2n) is 5.23. The summed E-state index contributed by atoms with van der Waals surface area (Å²) < 4.78 is 26.4. The first-order valence-electron chi connectivity index (χ1n) is 7.56. The van der Waals surface area contributed by atoms with E-state index in [1.807, 2.05) is 6.92 Å². The van der Waals surface area contributed by atoms with Gasteiger partial charge in [-0.3, -0.25) is 9.59 Å². The minimum atomic E-state index is -3.68. The summed E-state index contributed by atoms with van der Waals surface area (Å²) in [5.74, 6) is -0.717. The zero-order chi connectivity index (χ0) is 18.2. The lowest BCUT2D eigenvalue weighted by atomic mass is 10.1. The molecule has 2 amide bonds. The van der Waals surface area contributed by atoms with Crippen LogP contribution in [0.2, 0.25) is 5.02 Å². The molecule has 1 atom stereocenters. The molecule has 0 saturated heterocycles. The number of sulfonamides is 1. The molecule has 0 unspecified atom stereocenters. The van der Waals surface area contributed by atoms with E-state index in [4.69, 9.17) is 11.6 Å². The first-order valence-corrected chi connectivity index (χ1v) is 9.42. The molecular weight excluding hydrogens is 354 g/mol. The van der Waals surface area contributed by atoms with E-state index in [1.54, 1.807) is 19.1 Å². The molecule has 0 radical (unpaired) electrons. The Morgan fingerprint density at radius 3 is 2.54 bits per heavy atom. The molecule has 7 nitrogen and oxygen atoms in total. The summed E-state index contributed by atoms with van der Waals surface area (Å²) in [4.78, 5) is 23.2. The van der Waals surface area contributed by atoms with Crippen molar-refractivity contribution < 1.29 is 18.0 Å². The Morgan fingerprint density at radius 2 is 1.92 bits per heavy atom. The largest absolute Gasteiger partial charge is 0.353 e. The van der Waals surface area contributed by atoms with Gasteiger partial charge in [0.2, 0.25) is 21.8 Å². The van der Waals surface area contributed by atoms with Gasteiger partial charge in [0.1, 0.15) is 0 Å². The molecule has 0 bridgehead atoms. The zero-order valence-electron chi connectivity index (χ0n) is 13.6. The fraction of sp³-hybridized carbons (Fsp3) is 0.467. The van der Waals surface area contributed by atoms with Gasteiger partial charge in [-0.1, -0.05) is 31.5 Å². The fourth-order valence-electron chi connectivity index (χ4n) is 1.69. The average Bonchev–Trinajstić information content (AvgIpc) is 2.55. The number of rotatable bonds is 9. The Bertz CT molecular complexity index is 679. The molecule has 0 spiro atoms. The standard InChI is InChI=1S/C15H22ClN3O4S/c1-3-11(2)15(21)18-10-14(20)17-7-8-19-24(22,23)13-6-4-5-12(16)9-13/h4-6,9,11,19H,3,7-8,10H2,1-2H3,(H,17,20)(H,18,21)/t11-/m0/s1. The highest BCUT2D eigenvalue weighted by atomic mass is 35.5. The van der Waals surface area contributed by atoms with Crippen LogP contribution in [0.4, 0.5) is 0 Å². The molecule has 0 fully saturated rings. The van der Waals surface area contributed by atoms with E-state index in [1.165, 1.54) is 12.1 Å². The van der Waals surface area contributed by atoms with Gasteiger partial charge in [-0.2, -0.15) is 0 Å². The van der Waals surface area contributed by atoms with E-state index in [0.29, 0.717) is 11.4 Å². The van der Waals surface area contributed by atoms with Crippen LogP contribution >= 0.6 is 11.6 Å². The molecule has 0 aliphatic carbocycles. The van der Waals surface area contributed by atoms with Crippen LogP contribution in [0.25, 0.3) is 0 Å². The van der Waals surface area contributed by atoms with Crippen LogP contribution in [0.3, 0.4) is 0 Å². The first-order chi connectivity index (χ1) is 11.3. The highest BCUT2D eigenvalue weighted by Gasteiger charge is 2.14. The third-order valence-electron chi connectivity index (χ3n) is 3.33. The molecule has 9 heteroatoms. The van der Waals surface area contributed by atoms with Crippen molar-refractivity contribution in [2.75, 3.05) is 19.6 Å². The number of nitrogens with one attached hydrogen (secondary N) is 3. The van der Waals surface area contributed by atoms with Crippen molar-refractivity contribution in [3.8, 4) is 0 Å². The van der Waals surface area contributed by atoms with Crippen molar-refractivity contribution in [1.82, 2.24) is 15.4 Å². The van der Waals surface area contributed by atoms with Crippen LogP contribution in [-0.4, -0.2) is 39.9 Å². The van der Waals surface area contributed by atoms with E-state index in [2.05, 4.69) is 15.4 Å². The minimum Gasteiger partial charge on any atom is -0.353 e. The van der Waals surface area contributed by atoms with Gasteiger partial charge in [-0.15, -0.1) is 0 Å². The number of halogens is 1. The third kappa shape index (κ3) is 6.86. The first kappa shape index (κ1) is 20.4. The monoisotopic (exact) mass is 375 g/mol. The Morgan fingerprint density at radius 1 is 1.21 bits per heavy atom. The summed E-state index contributed by atoms with van der Waals surface area (Å²) in [6.45, 7) is 3.66. The van der Waals surface area contributed by atoms with Gasteiger partial charge in [0.15, 0.2) is 0 Å². The number of hydrogen-bond acceptors (Lipinski definition) is 4. The molecule has 0 aliphatic rings. The van der Waals surface area contributed by atoms with Gasteiger partial charge in [0.25, 0.3) is 0 Å². The number of benzene rings is 1. The molecule has 1 rings (SSSR count). The number of amides is 2. The molecule has 0 saturated carbocycles. The lowest BCUT2D eigenvalue weighted by Gasteiger charge is -2.11. The number of carbonyl (C=O) groups is 2. The summed E-state index contributed by atoms with van der Waals surface area (Å²) >= 11 is 5.76. The molecule has 134 valence electrons. The Labute approximate surface area is 147 Å². The van der Waals surface area contributed by atoms with Crippen LogP contribution in [0.15, 0.2) is 29.2 Å². The summed E-state index contributed by atoms with van der Waals surface area (Å²) in [6.07, 6.45) is 0.693. The number of carbonyl (C=O) groups excluding carboxylic acids is 2. The Kier molecular flexibility index (Phi) is 8.17. The maximum atomic E-state index is 12.0. The molecule has 0 aromatic heterocycles. The smallest absolute Gasteiger partial charge is 0.240 e. The molecular formula is C15H22ClN3O4S. The second-order valence-corrected chi connectivity index (χ2v) is 7.44. The SMILES string of the molecule is CC[C@H](C)C(=O)NCC(=O)NCCNS(=O)(=O)c1cccc(Cl)c1. The van der Waals surface area contributed by atoms with E-state index in [9.17, 15) is 18.0 Å². The van der Waals surface area contributed by atoms with E-state index >= 15 is 0 Å². The molecule has 1 aromatic rings. The van der Waals surface area contributed by atoms with E-state index in [0.717, 1.165) is 0 Å². The maximum absolute atomic E-state index is 12.0. The topological polar surface area (TPSA) is 104 Å². The average molecular weight is 376 g/mol. The molecule has 0 heterocycles. The summed E-state index contributed by atoms with van der Waals surface area (Å²) in [5, 5.41) is 5.36. The Balaban J connectivity index is 2.32. The number of hydrogen-bond donors (Lipinski definition) is 3. The summed E-state index contributed by atoms with van der Waals surface area (Å²) in [6, 6.07) is 5.89. The van der Waals surface area contributed by atoms with Crippen molar-refractivity contribution in [3.05, 3.63) is 29.3 Å². The summed E-state index contributed by atoms with van der Waals surface area (Å²) in [5.41, 5.74) is 0.